The highest BCUT2D eigenvalue weighted by molar-refractivity contribution is 4.97. The van der Waals surface area contributed by atoms with Crippen molar-refractivity contribution in [3.05, 3.63) is 0 Å². The summed E-state index contributed by atoms with van der Waals surface area (Å²) in [6.45, 7) is 9.84. The Morgan fingerprint density at radius 2 is 2.14 bits per heavy atom. The zero-order valence-corrected chi connectivity index (χ0v) is 9.75. The van der Waals surface area contributed by atoms with Gasteiger partial charge in [0.1, 0.15) is 0 Å². The van der Waals surface area contributed by atoms with Crippen LogP contribution in [0.2, 0.25) is 0 Å². The van der Waals surface area contributed by atoms with E-state index in [0.717, 1.165) is 19.6 Å². The number of nitrogens with zero attached hydrogens (tertiary/aromatic N) is 3. The molecule has 1 saturated heterocycles. The second kappa shape index (κ2) is 4.29. The molecule has 0 amide bonds. The topological polar surface area (TPSA) is 30.3 Å². The summed E-state index contributed by atoms with van der Waals surface area (Å²) in [4.78, 5) is 4.78. The van der Waals surface area contributed by atoms with Crippen LogP contribution < -0.4 is 0 Å². The van der Waals surface area contributed by atoms with Crippen molar-refractivity contribution in [3.63, 3.8) is 0 Å². The molecule has 80 valence electrons. The van der Waals surface area contributed by atoms with Gasteiger partial charge in [-0.2, -0.15) is 5.26 Å². The second-order valence-electron chi connectivity index (χ2n) is 4.81. The van der Waals surface area contributed by atoms with Gasteiger partial charge in [-0.25, -0.2) is 0 Å². The molecular weight excluding hydrogens is 174 g/mol. The summed E-state index contributed by atoms with van der Waals surface area (Å²) >= 11 is 0. The van der Waals surface area contributed by atoms with Crippen LogP contribution in [0.15, 0.2) is 0 Å². The van der Waals surface area contributed by atoms with E-state index in [1.54, 1.807) is 0 Å². The van der Waals surface area contributed by atoms with Crippen LogP contribution >= 0.6 is 0 Å². The molecule has 0 radical (unpaired) electrons. The monoisotopic (exact) mass is 195 g/mol. The molecule has 1 unspecified atom stereocenters. The van der Waals surface area contributed by atoms with Crippen molar-refractivity contribution in [2.45, 2.75) is 38.8 Å². The average Bonchev–Trinajstić information content (AvgIpc) is 2.01. The van der Waals surface area contributed by atoms with Gasteiger partial charge in [-0.3, -0.25) is 4.90 Å². The summed E-state index contributed by atoms with van der Waals surface area (Å²) in [5.41, 5.74) is 0.198. The van der Waals surface area contributed by atoms with Crippen LogP contribution in [-0.4, -0.2) is 48.1 Å². The first-order valence-corrected chi connectivity index (χ1v) is 5.33. The molecule has 0 spiro atoms. The SMILES string of the molecule is CCN1C(CC#N)CN(C)CC1(C)C. The van der Waals surface area contributed by atoms with Crippen molar-refractivity contribution in [1.29, 1.82) is 5.26 Å². The van der Waals surface area contributed by atoms with Gasteiger partial charge in [-0.15, -0.1) is 0 Å². The molecule has 1 atom stereocenters. The Labute approximate surface area is 87.3 Å². The molecule has 1 aliphatic heterocycles. The van der Waals surface area contributed by atoms with Gasteiger partial charge in [0, 0.05) is 24.7 Å². The van der Waals surface area contributed by atoms with E-state index < -0.39 is 0 Å². The molecule has 14 heavy (non-hydrogen) atoms. The quantitative estimate of drug-likeness (QED) is 0.665. The summed E-state index contributed by atoms with van der Waals surface area (Å²) in [6, 6.07) is 2.69. The summed E-state index contributed by atoms with van der Waals surface area (Å²) in [7, 11) is 2.14. The highest BCUT2D eigenvalue weighted by atomic mass is 15.3. The molecule has 0 aromatic rings. The van der Waals surface area contributed by atoms with E-state index in [2.05, 4.69) is 43.7 Å². The van der Waals surface area contributed by atoms with Crippen molar-refractivity contribution < 1.29 is 0 Å². The Balaban J connectivity index is 2.78. The lowest BCUT2D eigenvalue weighted by Crippen LogP contribution is -2.62. The molecule has 3 heteroatoms. The Morgan fingerprint density at radius 1 is 1.50 bits per heavy atom. The molecule has 0 N–H and O–H groups in total. The van der Waals surface area contributed by atoms with E-state index in [0.29, 0.717) is 12.5 Å². The van der Waals surface area contributed by atoms with E-state index >= 15 is 0 Å². The number of hydrogen-bond acceptors (Lipinski definition) is 3. The molecule has 1 rings (SSSR count). The van der Waals surface area contributed by atoms with Gasteiger partial charge in [0.05, 0.1) is 12.5 Å². The maximum atomic E-state index is 8.79. The highest BCUT2D eigenvalue weighted by Crippen LogP contribution is 2.25. The molecule has 0 aromatic carbocycles. The Kier molecular flexibility index (Phi) is 3.52. The molecule has 1 heterocycles. The van der Waals surface area contributed by atoms with Gasteiger partial charge < -0.3 is 4.90 Å². The van der Waals surface area contributed by atoms with Crippen molar-refractivity contribution in [2.75, 3.05) is 26.7 Å². The number of piperazine rings is 1. The third-order valence-corrected chi connectivity index (χ3v) is 3.07. The van der Waals surface area contributed by atoms with Gasteiger partial charge in [-0.1, -0.05) is 6.92 Å². The highest BCUT2D eigenvalue weighted by Gasteiger charge is 2.37. The van der Waals surface area contributed by atoms with Crippen LogP contribution in [0.25, 0.3) is 0 Å². The molecular formula is C11H21N3. The Morgan fingerprint density at radius 3 is 2.64 bits per heavy atom. The van der Waals surface area contributed by atoms with Crippen molar-refractivity contribution in [3.8, 4) is 6.07 Å². The number of nitriles is 1. The molecule has 0 saturated carbocycles. The van der Waals surface area contributed by atoms with Crippen molar-refractivity contribution in [1.82, 2.24) is 9.80 Å². The average molecular weight is 195 g/mol. The van der Waals surface area contributed by atoms with Crippen LogP contribution in [0.1, 0.15) is 27.2 Å². The molecule has 0 bridgehead atoms. The van der Waals surface area contributed by atoms with Gasteiger partial charge in [-0.05, 0) is 27.4 Å². The third kappa shape index (κ3) is 2.26. The minimum Gasteiger partial charge on any atom is -0.303 e. The summed E-state index contributed by atoms with van der Waals surface area (Å²) in [5.74, 6) is 0. The van der Waals surface area contributed by atoms with E-state index in [1.165, 1.54) is 0 Å². The van der Waals surface area contributed by atoms with Crippen LogP contribution in [0.5, 0.6) is 0 Å². The van der Waals surface area contributed by atoms with E-state index in [4.69, 9.17) is 5.26 Å². The van der Waals surface area contributed by atoms with Crippen LogP contribution in [0, 0.1) is 11.3 Å². The normalized spacial score (nSPS) is 28.6. The van der Waals surface area contributed by atoms with Gasteiger partial charge in [0.25, 0.3) is 0 Å². The van der Waals surface area contributed by atoms with E-state index in [1.807, 2.05) is 0 Å². The van der Waals surface area contributed by atoms with Gasteiger partial charge in [0.15, 0.2) is 0 Å². The first kappa shape index (κ1) is 11.5. The summed E-state index contributed by atoms with van der Waals surface area (Å²) in [5, 5.41) is 8.79. The number of rotatable bonds is 2. The van der Waals surface area contributed by atoms with Crippen molar-refractivity contribution >= 4 is 0 Å². The lowest BCUT2D eigenvalue weighted by atomic mass is 9.94. The molecule has 1 fully saturated rings. The third-order valence-electron chi connectivity index (χ3n) is 3.07. The van der Waals surface area contributed by atoms with Crippen LogP contribution in [0.3, 0.4) is 0 Å². The second-order valence-corrected chi connectivity index (χ2v) is 4.81. The largest absolute Gasteiger partial charge is 0.303 e. The molecule has 0 aliphatic carbocycles. The Hall–Kier alpha value is -0.590. The van der Waals surface area contributed by atoms with Gasteiger partial charge in [0.2, 0.25) is 0 Å². The van der Waals surface area contributed by atoms with Gasteiger partial charge >= 0.3 is 0 Å². The first-order valence-electron chi connectivity index (χ1n) is 5.33. The first-order chi connectivity index (χ1) is 6.51. The van der Waals surface area contributed by atoms with Crippen LogP contribution in [0.4, 0.5) is 0 Å². The minimum atomic E-state index is 0.198. The fourth-order valence-corrected chi connectivity index (χ4v) is 2.73. The summed E-state index contributed by atoms with van der Waals surface area (Å²) in [6.07, 6.45) is 0.640. The zero-order valence-electron chi connectivity index (χ0n) is 9.75. The standard InChI is InChI=1S/C11H21N3/c1-5-14-10(6-7-12)8-13(4)9-11(14,2)3/h10H,5-6,8-9H2,1-4H3. The zero-order chi connectivity index (χ0) is 10.8. The predicted octanol–water partition coefficient (Wildman–Crippen LogP) is 1.31. The molecule has 3 nitrogen and oxygen atoms in total. The fraction of sp³-hybridized carbons (Fsp3) is 0.909. The van der Waals surface area contributed by atoms with Crippen LogP contribution in [-0.2, 0) is 0 Å². The molecule has 0 aromatic heterocycles. The minimum absolute atomic E-state index is 0.198. The maximum absolute atomic E-state index is 8.79. The lowest BCUT2D eigenvalue weighted by Gasteiger charge is -2.50. The lowest BCUT2D eigenvalue weighted by molar-refractivity contribution is -0.00985. The van der Waals surface area contributed by atoms with Crippen molar-refractivity contribution in [2.24, 2.45) is 0 Å². The van der Waals surface area contributed by atoms with E-state index in [9.17, 15) is 0 Å². The summed E-state index contributed by atoms with van der Waals surface area (Å²) < 4.78 is 0. The fourth-order valence-electron chi connectivity index (χ4n) is 2.73. The smallest absolute Gasteiger partial charge is 0.0638 e. The number of hydrogen-bond donors (Lipinski definition) is 0. The molecule has 1 aliphatic rings. The maximum Gasteiger partial charge on any atom is 0.0638 e. The number of likely N-dealkylation sites (N-methyl/N-ethyl adjacent to an activating group) is 2. The van der Waals surface area contributed by atoms with E-state index in [-0.39, 0.29) is 5.54 Å². The Bertz CT molecular complexity index is 229. The predicted molar refractivity (Wildman–Crippen MR) is 58.0 cm³/mol.